The fourth-order valence-corrected chi connectivity index (χ4v) is 4.94. The molecule has 158 valence electrons. The number of aromatic nitrogens is 1. The number of hydrogen-bond donors (Lipinski definition) is 1. The number of carbonyl (C=O) groups is 1. The molecule has 0 saturated carbocycles. The molecule has 0 saturated heterocycles. The first-order valence-electron chi connectivity index (χ1n) is 9.41. The Bertz CT molecular complexity index is 1160. The van der Waals surface area contributed by atoms with E-state index in [1.54, 1.807) is 20.8 Å². The lowest BCUT2D eigenvalue weighted by molar-refractivity contribution is 0.102. The lowest BCUT2D eigenvalue weighted by Gasteiger charge is -2.19. The predicted octanol–water partition coefficient (Wildman–Crippen LogP) is 4.59. The van der Waals surface area contributed by atoms with Crippen LogP contribution < -0.4 is 5.32 Å². The van der Waals surface area contributed by atoms with E-state index in [0.717, 1.165) is 5.56 Å². The van der Waals surface area contributed by atoms with Gasteiger partial charge in [0.25, 0.3) is 5.91 Å². The topological polar surface area (TPSA) is 92.5 Å². The fourth-order valence-electron chi connectivity index (χ4n) is 2.98. The maximum Gasteiger partial charge on any atom is 0.277 e. The van der Waals surface area contributed by atoms with Gasteiger partial charge in [0, 0.05) is 24.3 Å². The highest BCUT2D eigenvalue weighted by atomic mass is 35.5. The van der Waals surface area contributed by atoms with Crippen molar-refractivity contribution in [2.45, 2.75) is 25.7 Å². The smallest absolute Gasteiger partial charge is 0.277 e. The molecule has 0 bridgehead atoms. The van der Waals surface area contributed by atoms with E-state index < -0.39 is 15.9 Å². The number of anilines is 1. The van der Waals surface area contributed by atoms with Crippen LogP contribution in [0.15, 0.2) is 57.8 Å². The van der Waals surface area contributed by atoms with E-state index in [1.807, 2.05) is 30.3 Å². The van der Waals surface area contributed by atoms with Crippen LogP contribution in [-0.2, 0) is 10.0 Å². The summed E-state index contributed by atoms with van der Waals surface area (Å²) in [4.78, 5) is 17.0. The number of amides is 1. The lowest BCUT2D eigenvalue weighted by Crippen LogP contribution is -2.30. The van der Waals surface area contributed by atoms with Crippen LogP contribution >= 0.6 is 11.6 Å². The van der Waals surface area contributed by atoms with E-state index in [2.05, 4.69) is 10.3 Å². The first-order valence-corrected chi connectivity index (χ1v) is 11.2. The maximum absolute atomic E-state index is 12.8. The van der Waals surface area contributed by atoms with Gasteiger partial charge in [-0.1, -0.05) is 43.6 Å². The molecule has 0 spiro atoms. The Morgan fingerprint density at radius 3 is 2.43 bits per heavy atom. The van der Waals surface area contributed by atoms with Gasteiger partial charge in [-0.2, -0.15) is 4.31 Å². The number of rotatable bonds is 7. The molecule has 0 fully saturated rings. The summed E-state index contributed by atoms with van der Waals surface area (Å²) in [6, 6.07) is 13.6. The molecule has 0 aliphatic rings. The summed E-state index contributed by atoms with van der Waals surface area (Å²) >= 11 is 6.14. The van der Waals surface area contributed by atoms with Crippen LogP contribution in [0.5, 0.6) is 0 Å². The molecule has 30 heavy (non-hydrogen) atoms. The molecule has 0 atom stereocenters. The van der Waals surface area contributed by atoms with Crippen molar-refractivity contribution in [1.82, 2.24) is 9.29 Å². The van der Waals surface area contributed by atoms with Gasteiger partial charge in [-0.05, 0) is 37.3 Å². The minimum Gasteiger partial charge on any atom is -0.441 e. The van der Waals surface area contributed by atoms with Crippen LogP contribution in [0.3, 0.4) is 0 Å². The van der Waals surface area contributed by atoms with E-state index >= 15 is 0 Å². The van der Waals surface area contributed by atoms with Crippen LogP contribution in [0.1, 0.15) is 30.1 Å². The van der Waals surface area contributed by atoms with Crippen LogP contribution in [-0.4, -0.2) is 36.7 Å². The second-order valence-electron chi connectivity index (χ2n) is 6.48. The molecule has 3 rings (SSSR count). The molecule has 0 unspecified atom stereocenters. The number of nitrogens with one attached hydrogen (secondary N) is 1. The summed E-state index contributed by atoms with van der Waals surface area (Å²) in [6.45, 7) is 5.77. The summed E-state index contributed by atoms with van der Waals surface area (Å²) in [5.74, 6) is 0.183. The molecular weight excluding hydrogens is 426 g/mol. The molecule has 0 aliphatic heterocycles. The SMILES string of the molecule is CCN(CC)S(=O)(=O)c1cc(NC(=O)c2nc(-c3ccccc3)oc2C)ccc1Cl. The van der Waals surface area contributed by atoms with Crippen molar-refractivity contribution in [3.63, 3.8) is 0 Å². The van der Waals surface area contributed by atoms with Crippen molar-refractivity contribution in [1.29, 1.82) is 0 Å². The second kappa shape index (κ2) is 8.99. The van der Waals surface area contributed by atoms with Gasteiger partial charge in [-0.25, -0.2) is 13.4 Å². The molecule has 3 aromatic rings. The monoisotopic (exact) mass is 447 g/mol. The maximum atomic E-state index is 12.8. The third-order valence-electron chi connectivity index (χ3n) is 4.54. The predicted molar refractivity (Wildman–Crippen MR) is 116 cm³/mol. The number of benzene rings is 2. The second-order valence-corrected chi connectivity index (χ2v) is 8.79. The van der Waals surface area contributed by atoms with Crippen molar-refractivity contribution in [2.75, 3.05) is 18.4 Å². The van der Waals surface area contributed by atoms with Gasteiger partial charge in [-0.15, -0.1) is 0 Å². The van der Waals surface area contributed by atoms with Crippen LogP contribution in [0.4, 0.5) is 5.69 Å². The summed E-state index contributed by atoms with van der Waals surface area (Å²) in [6.07, 6.45) is 0. The van der Waals surface area contributed by atoms with E-state index in [4.69, 9.17) is 16.0 Å². The molecule has 2 aromatic carbocycles. The van der Waals surface area contributed by atoms with Gasteiger partial charge in [0.15, 0.2) is 5.69 Å². The molecule has 1 heterocycles. The van der Waals surface area contributed by atoms with E-state index in [0.29, 0.717) is 30.4 Å². The van der Waals surface area contributed by atoms with E-state index in [1.165, 1.54) is 22.5 Å². The number of nitrogens with zero attached hydrogens (tertiary/aromatic N) is 2. The standard InChI is InChI=1S/C21H22ClN3O4S/c1-4-25(5-2)30(27,28)18-13-16(11-12-17(18)22)23-20(26)19-14(3)29-21(24-19)15-9-7-6-8-10-15/h6-13H,4-5H2,1-3H3,(H,23,26). The third-order valence-corrected chi connectivity index (χ3v) is 7.08. The van der Waals surface area contributed by atoms with Crippen LogP contribution in [0, 0.1) is 6.92 Å². The summed E-state index contributed by atoms with van der Waals surface area (Å²) in [7, 11) is -3.78. The zero-order valence-electron chi connectivity index (χ0n) is 16.8. The Balaban J connectivity index is 1.89. The Morgan fingerprint density at radius 2 is 1.80 bits per heavy atom. The van der Waals surface area contributed by atoms with Gasteiger partial charge in [0.05, 0.1) is 5.02 Å². The average Bonchev–Trinajstić information content (AvgIpc) is 3.12. The van der Waals surface area contributed by atoms with Gasteiger partial charge in [0.2, 0.25) is 15.9 Å². The van der Waals surface area contributed by atoms with Crippen molar-refractivity contribution in [2.24, 2.45) is 0 Å². The minimum atomic E-state index is -3.78. The van der Waals surface area contributed by atoms with Gasteiger partial charge in [0.1, 0.15) is 10.7 Å². The quantitative estimate of drug-likeness (QED) is 0.572. The zero-order valence-corrected chi connectivity index (χ0v) is 18.4. The Labute approximate surface area is 180 Å². The number of carbonyl (C=O) groups excluding carboxylic acids is 1. The summed E-state index contributed by atoms with van der Waals surface area (Å²) < 4.78 is 32.6. The molecule has 1 amide bonds. The average molecular weight is 448 g/mol. The Morgan fingerprint density at radius 1 is 1.13 bits per heavy atom. The van der Waals surface area contributed by atoms with Crippen LogP contribution in [0.25, 0.3) is 11.5 Å². The normalized spacial score (nSPS) is 11.6. The highest BCUT2D eigenvalue weighted by Gasteiger charge is 2.25. The highest BCUT2D eigenvalue weighted by Crippen LogP contribution is 2.28. The molecule has 9 heteroatoms. The number of halogens is 1. The number of oxazole rings is 1. The van der Waals surface area contributed by atoms with Crippen LogP contribution in [0.2, 0.25) is 5.02 Å². The third kappa shape index (κ3) is 4.40. The lowest BCUT2D eigenvalue weighted by atomic mass is 10.2. The van der Waals surface area contributed by atoms with Gasteiger partial charge >= 0.3 is 0 Å². The largest absolute Gasteiger partial charge is 0.441 e. The zero-order chi connectivity index (χ0) is 21.9. The molecule has 1 N–H and O–H groups in total. The van der Waals surface area contributed by atoms with Gasteiger partial charge < -0.3 is 9.73 Å². The highest BCUT2D eigenvalue weighted by molar-refractivity contribution is 7.89. The van der Waals surface area contributed by atoms with Crippen molar-refractivity contribution < 1.29 is 17.6 Å². The molecular formula is C21H22ClN3O4S. The molecule has 0 aliphatic carbocycles. The van der Waals surface area contributed by atoms with Crippen molar-refractivity contribution >= 4 is 33.2 Å². The Hall–Kier alpha value is -2.68. The van der Waals surface area contributed by atoms with Crippen molar-refractivity contribution in [3.8, 4) is 11.5 Å². The number of hydrogen-bond acceptors (Lipinski definition) is 5. The number of aryl methyl sites for hydroxylation is 1. The first-order chi connectivity index (χ1) is 14.3. The summed E-state index contributed by atoms with van der Waals surface area (Å²) in [5, 5.41) is 2.76. The van der Waals surface area contributed by atoms with Gasteiger partial charge in [-0.3, -0.25) is 4.79 Å². The number of sulfonamides is 1. The first kappa shape index (κ1) is 22.0. The summed E-state index contributed by atoms with van der Waals surface area (Å²) in [5.41, 5.74) is 1.16. The molecule has 7 nitrogen and oxygen atoms in total. The molecule has 1 aromatic heterocycles. The molecule has 0 radical (unpaired) electrons. The van der Waals surface area contributed by atoms with E-state index in [9.17, 15) is 13.2 Å². The van der Waals surface area contributed by atoms with E-state index in [-0.39, 0.29) is 15.6 Å². The Kier molecular flexibility index (Phi) is 6.60. The minimum absolute atomic E-state index is 0.0625. The van der Waals surface area contributed by atoms with Crippen molar-refractivity contribution in [3.05, 3.63) is 65.0 Å². The fraction of sp³-hybridized carbons (Fsp3) is 0.238.